The molecule has 0 bridgehead atoms. The summed E-state index contributed by atoms with van der Waals surface area (Å²) in [4.78, 5) is 12.2. The Morgan fingerprint density at radius 2 is 1.90 bits per heavy atom. The quantitative estimate of drug-likeness (QED) is 0.598. The zero-order chi connectivity index (χ0) is 14.1. The molecule has 0 spiro atoms. The number of aromatic nitrogens is 3. The van der Waals surface area contributed by atoms with E-state index < -0.39 is 0 Å². The molecule has 0 saturated heterocycles. The molecule has 0 saturated carbocycles. The number of hydrogen-bond acceptors (Lipinski definition) is 3. The zero-order valence-corrected chi connectivity index (χ0v) is 11.4. The van der Waals surface area contributed by atoms with Crippen LogP contribution in [-0.4, -0.2) is 15.0 Å². The first kappa shape index (κ1) is 11.9. The Morgan fingerprint density at radius 3 is 2.86 bits per heavy atom. The molecule has 0 amide bonds. The van der Waals surface area contributed by atoms with Crippen LogP contribution in [0, 0.1) is 0 Å². The van der Waals surface area contributed by atoms with Crippen LogP contribution in [0.1, 0.15) is 5.56 Å². The number of aromatic amines is 1. The Morgan fingerprint density at radius 1 is 1.00 bits per heavy atom. The van der Waals surface area contributed by atoms with E-state index in [1.165, 1.54) is 10.9 Å². The second kappa shape index (κ2) is 4.90. The third-order valence-corrected chi connectivity index (χ3v) is 3.54. The molecule has 0 atom stereocenters. The van der Waals surface area contributed by atoms with Gasteiger partial charge in [-0.1, -0.05) is 24.3 Å². The van der Waals surface area contributed by atoms with Crippen LogP contribution in [-0.2, 0) is 6.54 Å². The number of hydrogen-bond donors (Lipinski definition) is 2. The monoisotopic (exact) mass is 274 g/mol. The molecule has 0 aliphatic carbocycles. The van der Waals surface area contributed by atoms with Gasteiger partial charge in [0.1, 0.15) is 5.82 Å². The Hall–Kier alpha value is -2.88. The lowest BCUT2D eigenvalue weighted by atomic mass is 10.1. The molecule has 0 radical (unpaired) electrons. The van der Waals surface area contributed by atoms with E-state index in [-0.39, 0.29) is 0 Å². The smallest absolute Gasteiger partial charge is 0.145 e. The average molecular weight is 274 g/mol. The van der Waals surface area contributed by atoms with Crippen LogP contribution in [0.4, 0.5) is 5.82 Å². The van der Waals surface area contributed by atoms with E-state index in [1.807, 2.05) is 30.5 Å². The van der Waals surface area contributed by atoms with E-state index in [4.69, 9.17) is 0 Å². The molecule has 2 heterocycles. The SMILES string of the molecule is c1ccc2nc(NCc3ccc4cc[nH]c4c3)cnc2c1. The van der Waals surface area contributed by atoms with Crippen LogP contribution in [0.3, 0.4) is 0 Å². The summed E-state index contributed by atoms with van der Waals surface area (Å²) in [5.41, 5.74) is 4.18. The van der Waals surface area contributed by atoms with E-state index in [1.54, 1.807) is 6.20 Å². The molecule has 2 aromatic carbocycles. The maximum Gasteiger partial charge on any atom is 0.145 e. The summed E-state index contributed by atoms with van der Waals surface area (Å²) in [6.45, 7) is 0.724. The highest BCUT2D eigenvalue weighted by atomic mass is 15.0. The zero-order valence-electron chi connectivity index (χ0n) is 11.4. The van der Waals surface area contributed by atoms with E-state index in [9.17, 15) is 0 Å². The molecule has 21 heavy (non-hydrogen) atoms. The number of para-hydroxylation sites is 2. The molecule has 4 heteroatoms. The average Bonchev–Trinajstić information content (AvgIpc) is 3.00. The van der Waals surface area contributed by atoms with Crippen molar-refractivity contribution in [3.8, 4) is 0 Å². The van der Waals surface area contributed by atoms with Crippen molar-refractivity contribution < 1.29 is 0 Å². The second-order valence-electron chi connectivity index (χ2n) is 5.00. The summed E-state index contributed by atoms with van der Waals surface area (Å²) < 4.78 is 0. The number of rotatable bonds is 3. The van der Waals surface area contributed by atoms with Crippen molar-refractivity contribution in [3.05, 3.63) is 66.5 Å². The number of benzene rings is 2. The predicted molar refractivity (Wildman–Crippen MR) is 85.2 cm³/mol. The summed E-state index contributed by atoms with van der Waals surface area (Å²) in [7, 11) is 0. The Bertz CT molecular complexity index is 911. The number of anilines is 1. The van der Waals surface area contributed by atoms with Gasteiger partial charge in [0, 0.05) is 18.3 Å². The third-order valence-electron chi connectivity index (χ3n) is 3.54. The van der Waals surface area contributed by atoms with Crippen molar-refractivity contribution in [1.82, 2.24) is 15.0 Å². The lowest BCUT2D eigenvalue weighted by Gasteiger charge is -2.06. The molecule has 0 unspecified atom stereocenters. The van der Waals surface area contributed by atoms with E-state index >= 15 is 0 Å². The molecule has 102 valence electrons. The van der Waals surface area contributed by atoms with Gasteiger partial charge < -0.3 is 10.3 Å². The largest absolute Gasteiger partial charge is 0.365 e. The Kier molecular flexibility index (Phi) is 2.78. The summed E-state index contributed by atoms with van der Waals surface area (Å²) in [5, 5.41) is 4.55. The first-order valence-electron chi connectivity index (χ1n) is 6.90. The van der Waals surface area contributed by atoms with Gasteiger partial charge in [-0.25, -0.2) is 4.98 Å². The van der Waals surface area contributed by atoms with E-state index in [0.29, 0.717) is 0 Å². The van der Waals surface area contributed by atoms with Gasteiger partial charge >= 0.3 is 0 Å². The normalized spacial score (nSPS) is 11.0. The summed E-state index contributed by atoms with van der Waals surface area (Å²) in [6, 6.07) is 16.3. The van der Waals surface area contributed by atoms with Crippen LogP contribution in [0.15, 0.2) is 60.9 Å². The van der Waals surface area contributed by atoms with Gasteiger partial charge in [-0.3, -0.25) is 4.98 Å². The number of H-pyrrole nitrogens is 1. The van der Waals surface area contributed by atoms with Gasteiger partial charge in [0.2, 0.25) is 0 Å². The van der Waals surface area contributed by atoms with Crippen LogP contribution in [0.5, 0.6) is 0 Å². The minimum absolute atomic E-state index is 0.724. The van der Waals surface area contributed by atoms with Crippen LogP contribution in [0.25, 0.3) is 21.9 Å². The van der Waals surface area contributed by atoms with Crippen molar-refractivity contribution in [3.63, 3.8) is 0 Å². The molecule has 4 nitrogen and oxygen atoms in total. The third kappa shape index (κ3) is 2.31. The van der Waals surface area contributed by atoms with Gasteiger partial charge in [0.05, 0.1) is 17.2 Å². The van der Waals surface area contributed by atoms with Gasteiger partial charge in [-0.2, -0.15) is 0 Å². The maximum absolute atomic E-state index is 4.56. The molecule has 2 aromatic heterocycles. The van der Waals surface area contributed by atoms with E-state index in [0.717, 1.165) is 28.9 Å². The highest BCUT2D eigenvalue weighted by Crippen LogP contribution is 2.16. The van der Waals surface area contributed by atoms with Gasteiger partial charge in [0.25, 0.3) is 0 Å². The molecule has 0 aliphatic heterocycles. The highest BCUT2D eigenvalue weighted by molar-refractivity contribution is 5.80. The molecule has 0 fully saturated rings. The van der Waals surface area contributed by atoms with Crippen molar-refractivity contribution in [1.29, 1.82) is 0 Å². The lowest BCUT2D eigenvalue weighted by molar-refractivity contribution is 1.11. The standard InChI is InChI=1S/C17H14N4/c1-2-4-15-14(3-1)19-11-17(21-15)20-10-12-5-6-13-7-8-18-16(13)9-12/h1-9,11,18H,10H2,(H,20,21). The fourth-order valence-corrected chi connectivity index (χ4v) is 2.44. The maximum atomic E-state index is 4.56. The van der Waals surface area contributed by atoms with Gasteiger partial charge in [0.15, 0.2) is 0 Å². The molecular weight excluding hydrogens is 260 g/mol. The second-order valence-corrected chi connectivity index (χ2v) is 5.00. The van der Waals surface area contributed by atoms with Crippen molar-refractivity contribution in [2.45, 2.75) is 6.54 Å². The fourth-order valence-electron chi connectivity index (χ4n) is 2.44. The first-order valence-corrected chi connectivity index (χ1v) is 6.90. The minimum atomic E-state index is 0.724. The first-order chi connectivity index (χ1) is 10.4. The minimum Gasteiger partial charge on any atom is -0.365 e. The van der Waals surface area contributed by atoms with Crippen LogP contribution in [0.2, 0.25) is 0 Å². The summed E-state index contributed by atoms with van der Waals surface area (Å²) in [6.07, 6.45) is 3.73. The van der Waals surface area contributed by atoms with Gasteiger partial charge in [-0.05, 0) is 35.2 Å². The lowest BCUT2D eigenvalue weighted by Crippen LogP contribution is -2.02. The fraction of sp³-hybridized carbons (Fsp3) is 0.0588. The van der Waals surface area contributed by atoms with Gasteiger partial charge in [-0.15, -0.1) is 0 Å². The van der Waals surface area contributed by atoms with Crippen LogP contribution >= 0.6 is 0 Å². The van der Waals surface area contributed by atoms with E-state index in [2.05, 4.69) is 44.5 Å². The Labute approximate surface area is 121 Å². The molecular formula is C17H14N4. The molecule has 2 N–H and O–H groups in total. The van der Waals surface area contributed by atoms with Crippen LogP contribution < -0.4 is 5.32 Å². The molecule has 4 rings (SSSR count). The number of nitrogens with zero attached hydrogens (tertiary/aromatic N) is 2. The van der Waals surface area contributed by atoms with Crippen molar-refractivity contribution >= 4 is 27.8 Å². The molecule has 4 aromatic rings. The Balaban J connectivity index is 1.56. The summed E-state index contributed by atoms with van der Waals surface area (Å²) >= 11 is 0. The van der Waals surface area contributed by atoms with Crippen molar-refractivity contribution in [2.24, 2.45) is 0 Å². The summed E-state index contributed by atoms with van der Waals surface area (Å²) in [5.74, 6) is 0.792. The number of fused-ring (bicyclic) bond motifs is 2. The molecule has 0 aliphatic rings. The predicted octanol–water partition coefficient (Wildman–Crippen LogP) is 3.72. The number of nitrogens with one attached hydrogen (secondary N) is 2. The topological polar surface area (TPSA) is 53.6 Å². The highest BCUT2D eigenvalue weighted by Gasteiger charge is 2.00. The van der Waals surface area contributed by atoms with Crippen molar-refractivity contribution in [2.75, 3.05) is 5.32 Å².